The fourth-order valence-corrected chi connectivity index (χ4v) is 2.95. The molecule has 1 N–H and O–H groups in total. The minimum absolute atomic E-state index is 0.439. The van der Waals surface area contributed by atoms with Crippen molar-refractivity contribution in [2.45, 2.75) is 18.9 Å². The molecule has 0 spiro atoms. The number of hydrogen-bond acceptors (Lipinski definition) is 4. The number of hydrogen-bond donors (Lipinski definition) is 1. The quantitative estimate of drug-likeness (QED) is 0.943. The predicted octanol–water partition coefficient (Wildman–Crippen LogP) is 2.43. The third-order valence-corrected chi connectivity index (χ3v) is 3.92. The van der Waals surface area contributed by atoms with Crippen LogP contribution in [-0.2, 0) is 0 Å². The van der Waals surface area contributed by atoms with Gasteiger partial charge in [-0.05, 0) is 38.6 Å². The molecule has 2 aromatic rings. The van der Waals surface area contributed by atoms with Crippen LogP contribution in [0, 0.1) is 0 Å². The second-order valence-electron chi connectivity index (χ2n) is 5.22. The molecule has 20 heavy (non-hydrogen) atoms. The van der Waals surface area contributed by atoms with Gasteiger partial charge < -0.3 is 10.2 Å². The molecule has 106 valence electrons. The minimum atomic E-state index is 0.439. The van der Waals surface area contributed by atoms with Gasteiger partial charge in [-0.1, -0.05) is 17.7 Å². The van der Waals surface area contributed by atoms with Crippen LogP contribution in [0.25, 0.3) is 5.69 Å². The molecule has 1 aromatic heterocycles. The average molecular weight is 292 g/mol. The lowest BCUT2D eigenvalue weighted by atomic mass is 10.1. The van der Waals surface area contributed by atoms with E-state index in [0.29, 0.717) is 11.1 Å². The summed E-state index contributed by atoms with van der Waals surface area (Å²) in [5.41, 5.74) is 1.86. The minimum Gasteiger partial charge on any atom is -0.379 e. The summed E-state index contributed by atoms with van der Waals surface area (Å²) in [6.07, 6.45) is 5.57. The molecule has 0 radical (unpaired) electrons. The molecular weight excluding hydrogens is 274 g/mol. The lowest BCUT2D eigenvalue weighted by Gasteiger charge is -2.31. The summed E-state index contributed by atoms with van der Waals surface area (Å²) >= 11 is 6.33. The van der Waals surface area contributed by atoms with Crippen molar-refractivity contribution < 1.29 is 0 Å². The maximum atomic E-state index is 6.33. The highest BCUT2D eigenvalue weighted by molar-refractivity contribution is 6.33. The van der Waals surface area contributed by atoms with E-state index in [9.17, 15) is 0 Å². The number of likely N-dealkylation sites (N-methyl/N-ethyl adjacent to an activating group) is 1. The Morgan fingerprint density at radius 3 is 3.05 bits per heavy atom. The predicted molar refractivity (Wildman–Crippen MR) is 80.5 cm³/mol. The third-order valence-electron chi connectivity index (χ3n) is 3.62. The van der Waals surface area contributed by atoms with E-state index in [0.717, 1.165) is 17.9 Å². The number of rotatable bonds is 3. The molecule has 1 aromatic carbocycles. The largest absolute Gasteiger partial charge is 0.379 e. The van der Waals surface area contributed by atoms with E-state index in [1.54, 1.807) is 11.0 Å². The summed E-state index contributed by atoms with van der Waals surface area (Å²) in [6.45, 7) is 2.22. The number of aromatic nitrogens is 3. The summed E-state index contributed by atoms with van der Waals surface area (Å²) < 4.78 is 1.71. The second-order valence-corrected chi connectivity index (χ2v) is 5.63. The Hall–Kier alpha value is -1.59. The molecule has 0 aliphatic carbocycles. The zero-order valence-electron chi connectivity index (χ0n) is 11.5. The van der Waals surface area contributed by atoms with Gasteiger partial charge in [0.15, 0.2) is 0 Å². The van der Waals surface area contributed by atoms with E-state index in [1.165, 1.54) is 25.7 Å². The third kappa shape index (κ3) is 2.78. The molecule has 0 amide bonds. The lowest BCUT2D eigenvalue weighted by Crippen LogP contribution is -2.39. The molecule has 1 saturated heterocycles. The number of nitrogens with one attached hydrogen (secondary N) is 1. The molecule has 0 saturated carbocycles. The zero-order valence-corrected chi connectivity index (χ0v) is 12.2. The molecule has 1 atom stereocenters. The van der Waals surface area contributed by atoms with Gasteiger partial charge in [0.05, 0.1) is 10.7 Å². The van der Waals surface area contributed by atoms with Gasteiger partial charge in [0.25, 0.3) is 0 Å². The van der Waals surface area contributed by atoms with Crippen LogP contribution >= 0.6 is 11.6 Å². The van der Waals surface area contributed by atoms with E-state index < -0.39 is 0 Å². The van der Waals surface area contributed by atoms with Gasteiger partial charge in [-0.25, -0.2) is 9.67 Å². The molecule has 1 fully saturated rings. The molecular formula is C14H18ClN5. The molecule has 6 heteroatoms. The molecule has 1 aliphatic heterocycles. The SMILES string of the molecule is CN1CCCC(Nc2cccc(Cl)c2-n2cncn2)C1. The molecule has 5 nitrogen and oxygen atoms in total. The van der Waals surface area contributed by atoms with Crippen LogP contribution in [0.3, 0.4) is 0 Å². The van der Waals surface area contributed by atoms with Crippen molar-refractivity contribution in [1.82, 2.24) is 19.7 Å². The lowest BCUT2D eigenvalue weighted by molar-refractivity contribution is 0.261. The highest BCUT2D eigenvalue weighted by Crippen LogP contribution is 2.29. The van der Waals surface area contributed by atoms with Crippen LogP contribution in [0.1, 0.15) is 12.8 Å². The summed E-state index contributed by atoms with van der Waals surface area (Å²) in [5.74, 6) is 0. The summed E-state index contributed by atoms with van der Waals surface area (Å²) in [4.78, 5) is 6.34. The maximum Gasteiger partial charge on any atom is 0.138 e. The average Bonchev–Trinajstić information content (AvgIpc) is 2.92. The molecule has 3 rings (SSSR count). The van der Waals surface area contributed by atoms with Gasteiger partial charge in [-0.3, -0.25) is 0 Å². The van der Waals surface area contributed by atoms with Crippen molar-refractivity contribution in [2.75, 3.05) is 25.5 Å². The van der Waals surface area contributed by atoms with Crippen LogP contribution in [0.15, 0.2) is 30.9 Å². The summed E-state index contributed by atoms with van der Waals surface area (Å²) in [6, 6.07) is 6.31. The number of nitrogens with zero attached hydrogens (tertiary/aromatic N) is 4. The monoisotopic (exact) mass is 291 g/mol. The molecule has 2 heterocycles. The first-order valence-corrected chi connectivity index (χ1v) is 7.20. The summed E-state index contributed by atoms with van der Waals surface area (Å²) in [5, 5.41) is 8.45. The van der Waals surface area contributed by atoms with Gasteiger partial charge in [0, 0.05) is 12.6 Å². The van der Waals surface area contributed by atoms with Crippen LogP contribution in [0.5, 0.6) is 0 Å². The Morgan fingerprint density at radius 1 is 1.40 bits per heavy atom. The Kier molecular flexibility index (Phi) is 3.89. The first kappa shape index (κ1) is 13.4. The van der Waals surface area contributed by atoms with Crippen LogP contribution < -0.4 is 5.32 Å². The number of anilines is 1. The van der Waals surface area contributed by atoms with Gasteiger partial charge in [-0.15, -0.1) is 0 Å². The fourth-order valence-electron chi connectivity index (χ4n) is 2.69. The van der Waals surface area contributed by atoms with E-state index in [1.807, 2.05) is 18.2 Å². The number of halogens is 1. The second kappa shape index (κ2) is 5.81. The van der Waals surface area contributed by atoms with E-state index in [2.05, 4.69) is 27.3 Å². The Labute approximate surface area is 123 Å². The van der Waals surface area contributed by atoms with E-state index in [-0.39, 0.29) is 0 Å². The number of likely N-dealkylation sites (tertiary alicyclic amines) is 1. The van der Waals surface area contributed by atoms with Crippen molar-refractivity contribution in [2.24, 2.45) is 0 Å². The normalized spacial score (nSPS) is 20.0. The van der Waals surface area contributed by atoms with Crippen LogP contribution in [0.4, 0.5) is 5.69 Å². The van der Waals surface area contributed by atoms with Crippen molar-refractivity contribution in [1.29, 1.82) is 0 Å². The molecule has 1 aliphatic rings. The summed E-state index contributed by atoms with van der Waals surface area (Å²) in [7, 11) is 2.16. The van der Waals surface area contributed by atoms with Crippen molar-refractivity contribution in [3.63, 3.8) is 0 Å². The number of piperidine rings is 1. The van der Waals surface area contributed by atoms with Gasteiger partial charge in [0.1, 0.15) is 18.3 Å². The number of benzene rings is 1. The van der Waals surface area contributed by atoms with E-state index in [4.69, 9.17) is 11.6 Å². The van der Waals surface area contributed by atoms with E-state index >= 15 is 0 Å². The molecule has 0 bridgehead atoms. The standard InChI is InChI=1S/C14H18ClN5/c1-19-7-3-4-11(8-19)18-13-6-2-5-12(15)14(13)20-10-16-9-17-20/h2,5-6,9-11,18H,3-4,7-8H2,1H3. The Balaban J connectivity index is 1.88. The highest BCUT2D eigenvalue weighted by Gasteiger charge is 2.19. The number of para-hydroxylation sites is 1. The zero-order chi connectivity index (χ0) is 13.9. The van der Waals surface area contributed by atoms with Crippen molar-refractivity contribution in [3.8, 4) is 5.69 Å². The first-order chi connectivity index (χ1) is 9.74. The van der Waals surface area contributed by atoms with Crippen molar-refractivity contribution in [3.05, 3.63) is 35.9 Å². The van der Waals surface area contributed by atoms with Crippen LogP contribution in [-0.4, -0.2) is 45.8 Å². The fraction of sp³-hybridized carbons (Fsp3) is 0.429. The van der Waals surface area contributed by atoms with Gasteiger partial charge in [-0.2, -0.15) is 5.10 Å². The topological polar surface area (TPSA) is 46.0 Å². The smallest absolute Gasteiger partial charge is 0.138 e. The highest BCUT2D eigenvalue weighted by atomic mass is 35.5. The Bertz CT molecular complexity index is 569. The first-order valence-electron chi connectivity index (χ1n) is 6.82. The van der Waals surface area contributed by atoms with Gasteiger partial charge in [0.2, 0.25) is 0 Å². The maximum absolute atomic E-state index is 6.33. The molecule has 1 unspecified atom stereocenters. The Morgan fingerprint density at radius 2 is 2.30 bits per heavy atom. The van der Waals surface area contributed by atoms with Gasteiger partial charge >= 0.3 is 0 Å². The van der Waals surface area contributed by atoms with Crippen LogP contribution in [0.2, 0.25) is 5.02 Å². The van der Waals surface area contributed by atoms with Crippen molar-refractivity contribution >= 4 is 17.3 Å².